The first-order valence-electron chi connectivity index (χ1n) is 5.99. The third kappa shape index (κ3) is 3.44. The number of carbonyl (C=O) groups excluding carboxylic acids is 1. The highest BCUT2D eigenvalue weighted by atomic mass is 79.9. The first-order valence-corrected chi connectivity index (χ1v) is 7.55. The molecule has 1 heterocycles. The van der Waals surface area contributed by atoms with Gasteiger partial charge in [0.2, 0.25) is 0 Å². The third-order valence-electron chi connectivity index (χ3n) is 2.66. The van der Waals surface area contributed by atoms with Crippen molar-refractivity contribution in [3.8, 4) is 0 Å². The topological polar surface area (TPSA) is 54.9 Å². The molecule has 0 saturated carbocycles. The van der Waals surface area contributed by atoms with Gasteiger partial charge in [-0.15, -0.1) is 5.10 Å². The second kappa shape index (κ2) is 5.76. The van der Waals surface area contributed by atoms with Crippen LogP contribution in [0.15, 0.2) is 16.6 Å². The van der Waals surface area contributed by atoms with Gasteiger partial charge in [-0.05, 0) is 33.5 Å². The third-order valence-corrected chi connectivity index (χ3v) is 4.00. The van der Waals surface area contributed by atoms with Crippen LogP contribution in [0.2, 0.25) is 0 Å². The van der Waals surface area contributed by atoms with E-state index in [0.29, 0.717) is 5.69 Å². The summed E-state index contributed by atoms with van der Waals surface area (Å²) in [7, 11) is 0. The molecule has 0 aliphatic carbocycles. The number of hydrogen-bond donors (Lipinski definition) is 1. The number of rotatable bonds is 2. The zero-order valence-corrected chi connectivity index (χ0v) is 13.9. The molecular formula is C13H12BrF2N3OS. The summed E-state index contributed by atoms with van der Waals surface area (Å²) < 4.78 is 30.9. The molecule has 0 unspecified atom stereocenters. The zero-order chi connectivity index (χ0) is 15.8. The zero-order valence-electron chi connectivity index (χ0n) is 11.5. The lowest BCUT2D eigenvalue weighted by Gasteiger charge is -2.16. The van der Waals surface area contributed by atoms with Crippen LogP contribution in [0, 0.1) is 11.6 Å². The lowest BCUT2D eigenvalue weighted by atomic mass is 9.91. The second-order valence-corrected chi connectivity index (χ2v) is 7.01. The molecule has 0 spiro atoms. The summed E-state index contributed by atoms with van der Waals surface area (Å²) in [6.45, 7) is 5.67. The van der Waals surface area contributed by atoms with Crippen LogP contribution in [0.3, 0.4) is 0 Å². The number of aromatic nitrogens is 2. The Labute approximate surface area is 132 Å². The molecule has 8 heteroatoms. The highest BCUT2D eigenvalue weighted by Gasteiger charge is 2.26. The maximum absolute atomic E-state index is 13.7. The molecule has 4 nitrogen and oxygen atoms in total. The van der Waals surface area contributed by atoms with Gasteiger partial charge in [-0.3, -0.25) is 4.79 Å². The number of nitrogens with zero attached hydrogens (tertiary/aromatic N) is 2. The number of hydrogen-bond acceptors (Lipinski definition) is 4. The Hall–Kier alpha value is -1.41. The van der Waals surface area contributed by atoms with E-state index in [4.69, 9.17) is 0 Å². The maximum atomic E-state index is 13.7. The van der Waals surface area contributed by atoms with Crippen LogP contribution in [-0.4, -0.2) is 15.5 Å². The van der Waals surface area contributed by atoms with Gasteiger partial charge < -0.3 is 5.32 Å². The quantitative estimate of drug-likeness (QED) is 0.802. The summed E-state index contributed by atoms with van der Waals surface area (Å²) in [5.41, 5.74) is -0.0830. The summed E-state index contributed by atoms with van der Waals surface area (Å²) in [5, 5.41) is 6.29. The first-order chi connectivity index (χ1) is 9.70. The summed E-state index contributed by atoms with van der Waals surface area (Å²) in [5.74, 6) is -1.95. The van der Waals surface area contributed by atoms with E-state index in [9.17, 15) is 13.6 Å². The Morgan fingerprint density at radius 1 is 1.29 bits per heavy atom. The Kier molecular flexibility index (Phi) is 4.38. The average Bonchev–Trinajstić information content (AvgIpc) is 2.85. The number of halogens is 3. The van der Waals surface area contributed by atoms with E-state index in [1.807, 2.05) is 20.8 Å². The SMILES string of the molecule is CC(C)(C)c1nnsc1C(=O)Nc1cc(F)c(Br)cc1F. The monoisotopic (exact) mass is 375 g/mol. The number of carbonyl (C=O) groups is 1. The molecule has 2 rings (SSSR count). The normalized spacial score (nSPS) is 11.5. The number of nitrogens with one attached hydrogen (secondary N) is 1. The lowest BCUT2D eigenvalue weighted by molar-refractivity contribution is 0.102. The molecule has 0 bridgehead atoms. The molecule has 2 aromatic rings. The predicted octanol–water partition coefficient (Wildman–Crippen LogP) is 4.13. The van der Waals surface area contributed by atoms with E-state index in [1.54, 1.807) is 0 Å². The van der Waals surface area contributed by atoms with Gasteiger partial charge in [0.1, 0.15) is 16.5 Å². The van der Waals surface area contributed by atoms with E-state index in [0.717, 1.165) is 23.7 Å². The van der Waals surface area contributed by atoms with Gasteiger partial charge in [-0.1, -0.05) is 25.3 Å². The molecular weight excluding hydrogens is 364 g/mol. The van der Waals surface area contributed by atoms with Crippen molar-refractivity contribution >= 4 is 39.1 Å². The summed E-state index contributed by atoms with van der Waals surface area (Å²) >= 11 is 3.80. The van der Waals surface area contributed by atoms with Gasteiger partial charge >= 0.3 is 0 Å². The molecule has 0 fully saturated rings. The standard InChI is InChI=1S/C13H12BrF2N3OS/c1-13(2,3)11-10(21-19-18-11)12(20)17-9-5-7(15)6(14)4-8(9)16/h4-5H,1-3H3,(H,17,20). The van der Waals surface area contributed by atoms with Crippen molar-refractivity contribution in [3.63, 3.8) is 0 Å². The largest absolute Gasteiger partial charge is 0.319 e. The minimum Gasteiger partial charge on any atom is -0.319 e. The molecule has 112 valence electrons. The Bertz CT molecular complexity index is 697. The van der Waals surface area contributed by atoms with Gasteiger partial charge in [-0.2, -0.15) is 0 Å². The fourth-order valence-electron chi connectivity index (χ4n) is 1.63. The van der Waals surface area contributed by atoms with Gasteiger partial charge in [-0.25, -0.2) is 8.78 Å². The molecule has 0 atom stereocenters. The highest BCUT2D eigenvalue weighted by molar-refractivity contribution is 9.10. The fourth-order valence-corrected chi connectivity index (χ4v) is 2.71. The summed E-state index contributed by atoms with van der Waals surface area (Å²) in [6, 6.07) is 1.88. The molecule has 1 aromatic heterocycles. The van der Waals surface area contributed by atoms with Crippen molar-refractivity contribution in [2.45, 2.75) is 26.2 Å². The van der Waals surface area contributed by atoms with E-state index < -0.39 is 17.5 Å². The van der Waals surface area contributed by atoms with E-state index in [1.165, 1.54) is 0 Å². The molecule has 1 amide bonds. The van der Waals surface area contributed by atoms with Gasteiger partial charge in [0.05, 0.1) is 15.9 Å². The van der Waals surface area contributed by atoms with Crippen molar-refractivity contribution in [1.29, 1.82) is 0 Å². The number of amides is 1. The number of benzene rings is 1. The highest BCUT2D eigenvalue weighted by Crippen LogP contribution is 2.28. The molecule has 21 heavy (non-hydrogen) atoms. The molecule has 0 aliphatic rings. The molecule has 1 N–H and O–H groups in total. The van der Waals surface area contributed by atoms with Gasteiger partial charge in [0.15, 0.2) is 0 Å². The van der Waals surface area contributed by atoms with Crippen molar-refractivity contribution in [3.05, 3.63) is 38.8 Å². The van der Waals surface area contributed by atoms with Crippen molar-refractivity contribution in [1.82, 2.24) is 9.59 Å². The molecule has 0 radical (unpaired) electrons. The van der Waals surface area contributed by atoms with Crippen molar-refractivity contribution in [2.24, 2.45) is 0 Å². The van der Waals surface area contributed by atoms with Gasteiger partial charge in [0, 0.05) is 11.5 Å². The Balaban J connectivity index is 2.31. The fraction of sp³-hybridized carbons (Fsp3) is 0.308. The smallest absolute Gasteiger partial charge is 0.269 e. The minimum atomic E-state index is -0.730. The molecule has 1 aromatic carbocycles. The maximum Gasteiger partial charge on any atom is 0.269 e. The van der Waals surface area contributed by atoms with E-state index >= 15 is 0 Å². The predicted molar refractivity (Wildman–Crippen MR) is 80.6 cm³/mol. The Morgan fingerprint density at radius 2 is 1.95 bits per heavy atom. The van der Waals surface area contributed by atoms with Crippen LogP contribution in [0.4, 0.5) is 14.5 Å². The van der Waals surface area contributed by atoms with E-state index in [-0.39, 0.29) is 20.5 Å². The second-order valence-electron chi connectivity index (χ2n) is 5.40. The van der Waals surface area contributed by atoms with Crippen LogP contribution >= 0.6 is 27.5 Å². The van der Waals surface area contributed by atoms with Crippen molar-refractivity contribution in [2.75, 3.05) is 5.32 Å². The Morgan fingerprint density at radius 3 is 2.57 bits per heavy atom. The van der Waals surface area contributed by atoms with Crippen LogP contribution in [0.5, 0.6) is 0 Å². The molecule has 0 saturated heterocycles. The minimum absolute atomic E-state index is 0.00663. The molecule has 0 aliphatic heterocycles. The van der Waals surface area contributed by atoms with Crippen LogP contribution in [-0.2, 0) is 5.41 Å². The van der Waals surface area contributed by atoms with Crippen LogP contribution in [0.25, 0.3) is 0 Å². The van der Waals surface area contributed by atoms with E-state index in [2.05, 4.69) is 30.8 Å². The number of anilines is 1. The first kappa shape index (κ1) is 16.0. The summed E-state index contributed by atoms with van der Waals surface area (Å²) in [6.07, 6.45) is 0. The average molecular weight is 376 g/mol. The van der Waals surface area contributed by atoms with Crippen molar-refractivity contribution < 1.29 is 13.6 Å². The van der Waals surface area contributed by atoms with Gasteiger partial charge in [0.25, 0.3) is 5.91 Å². The lowest BCUT2D eigenvalue weighted by Crippen LogP contribution is -2.20. The summed E-state index contributed by atoms with van der Waals surface area (Å²) in [4.78, 5) is 12.5. The van der Waals surface area contributed by atoms with Crippen LogP contribution < -0.4 is 5.32 Å². The van der Waals surface area contributed by atoms with Crippen LogP contribution in [0.1, 0.15) is 36.1 Å².